The van der Waals surface area contributed by atoms with Gasteiger partial charge in [-0.05, 0) is 0 Å². The predicted molar refractivity (Wildman–Crippen MR) is 69.0 cm³/mol. The van der Waals surface area contributed by atoms with E-state index in [2.05, 4.69) is 10.4 Å². The van der Waals surface area contributed by atoms with Crippen molar-refractivity contribution in [2.24, 2.45) is 0 Å². The van der Waals surface area contributed by atoms with Crippen LogP contribution in [-0.2, 0) is 16.4 Å². The maximum Gasteiger partial charge on any atom is 0.258 e. The molecule has 0 saturated heterocycles. The van der Waals surface area contributed by atoms with Gasteiger partial charge in [-0.15, -0.1) is 0 Å². The molecule has 0 atom stereocenters. The zero-order valence-electron chi connectivity index (χ0n) is 10.8. The first-order chi connectivity index (χ1) is 9.03. The molecule has 0 radical (unpaired) electrons. The van der Waals surface area contributed by atoms with Gasteiger partial charge in [0.25, 0.3) is 5.91 Å². The maximum absolute atomic E-state index is 11.9. The fourth-order valence-electron chi connectivity index (χ4n) is 1.78. The first-order valence-electron chi connectivity index (χ1n) is 6.20. The van der Waals surface area contributed by atoms with Crippen LogP contribution in [0, 0.1) is 0 Å². The summed E-state index contributed by atoms with van der Waals surface area (Å²) in [6.45, 7) is 2.97. The summed E-state index contributed by atoms with van der Waals surface area (Å²) in [7, 11) is -3.07. The van der Waals surface area contributed by atoms with E-state index in [-0.39, 0.29) is 24.0 Å². The van der Waals surface area contributed by atoms with Crippen LogP contribution in [0.25, 0.3) is 0 Å². The number of aromatic nitrogens is 2. The predicted octanol–water partition coefficient (Wildman–Crippen LogP) is -0.170. The minimum absolute atomic E-state index is 0.0560. The van der Waals surface area contributed by atoms with Gasteiger partial charge in [0.05, 0.1) is 18.6 Å². The molecule has 1 amide bonds. The minimum Gasteiger partial charge on any atom is -0.477 e. The van der Waals surface area contributed by atoms with Crippen LogP contribution in [-0.4, -0.2) is 48.8 Å². The number of amides is 1. The Kier molecular flexibility index (Phi) is 4.08. The third-order valence-electron chi connectivity index (χ3n) is 2.93. The van der Waals surface area contributed by atoms with Crippen molar-refractivity contribution in [3.05, 3.63) is 11.8 Å². The van der Waals surface area contributed by atoms with E-state index in [9.17, 15) is 13.2 Å². The van der Waals surface area contributed by atoms with Crippen molar-refractivity contribution in [2.75, 3.05) is 24.7 Å². The lowest BCUT2D eigenvalue weighted by Crippen LogP contribution is -2.30. The Morgan fingerprint density at radius 3 is 3.11 bits per heavy atom. The normalized spacial score (nSPS) is 14.6. The second kappa shape index (κ2) is 5.60. The lowest BCUT2D eigenvalue weighted by Gasteiger charge is -2.15. The van der Waals surface area contributed by atoms with E-state index in [0.717, 1.165) is 13.0 Å². The Labute approximate surface area is 111 Å². The van der Waals surface area contributed by atoms with Crippen LogP contribution in [0.4, 0.5) is 0 Å². The number of rotatable bonds is 5. The van der Waals surface area contributed by atoms with Gasteiger partial charge in [0, 0.05) is 25.3 Å². The number of aryl methyl sites for hydroxylation is 1. The molecule has 0 fully saturated rings. The number of carbonyl (C=O) groups excluding carboxylic acids is 1. The number of nitrogens with zero attached hydrogens (tertiary/aromatic N) is 2. The van der Waals surface area contributed by atoms with Gasteiger partial charge in [-0.2, -0.15) is 5.10 Å². The molecule has 7 nitrogen and oxygen atoms in total. The fourth-order valence-corrected chi connectivity index (χ4v) is 2.49. The quantitative estimate of drug-likeness (QED) is 0.812. The van der Waals surface area contributed by atoms with Crippen LogP contribution in [0.3, 0.4) is 0 Å². The summed E-state index contributed by atoms with van der Waals surface area (Å²) in [5, 5.41) is 6.64. The molecular weight excluding hydrogens is 270 g/mol. The number of hydrogen-bond donors (Lipinski definition) is 1. The highest BCUT2D eigenvalue weighted by Crippen LogP contribution is 2.21. The molecule has 0 unspecified atom stereocenters. The van der Waals surface area contributed by atoms with Gasteiger partial charge in [-0.1, -0.05) is 6.92 Å². The summed E-state index contributed by atoms with van der Waals surface area (Å²) >= 11 is 0. The monoisotopic (exact) mass is 287 g/mol. The van der Waals surface area contributed by atoms with Crippen molar-refractivity contribution in [1.29, 1.82) is 0 Å². The number of carbonyl (C=O) groups is 1. The van der Waals surface area contributed by atoms with E-state index in [0.29, 0.717) is 18.1 Å². The molecule has 106 valence electrons. The molecule has 8 heteroatoms. The standard InChI is InChI=1S/C11H17N3O4S/c1-2-19(16,17)7-4-12-10(15)9-8-13-14-5-3-6-18-11(9)14/h8H,2-7H2,1H3,(H,12,15). The molecule has 1 aliphatic heterocycles. The van der Waals surface area contributed by atoms with Crippen molar-refractivity contribution in [3.8, 4) is 5.88 Å². The van der Waals surface area contributed by atoms with Gasteiger partial charge >= 0.3 is 0 Å². The van der Waals surface area contributed by atoms with Crippen LogP contribution in [0.15, 0.2) is 6.20 Å². The molecule has 0 saturated carbocycles. The fraction of sp³-hybridized carbons (Fsp3) is 0.636. The number of ether oxygens (including phenoxy) is 1. The molecule has 1 N–H and O–H groups in total. The molecular formula is C11H17N3O4S. The van der Waals surface area contributed by atoms with Gasteiger partial charge in [-0.3, -0.25) is 4.79 Å². The number of fused-ring (bicyclic) bond motifs is 1. The van der Waals surface area contributed by atoms with Crippen LogP contribution in [0.1, 0.15) is 23.7 Å². The van der Waals surface area contributed by atoms with Crippen LogP contribution in [0.5, 0.6) is 5.88 Å². The first kappa shape index (κ1) is 13.9. The molecule has 1 aromatic heterocycles. The Balaban J connectivity index is 1.95. The summed E-state index contributed by atoms with van der Waals surface area (Å²) in [5.74, 6) is 0.130. The third-order valence-corrected chi connectivity index (χ3v) is 4.63. The number of sulfone groups is 1. The molecule has 0 aliphatic carbocycles. The molecule has 0 aromatic carbocycles. The van der Waals surface area contributed by atoms with Gasteiger partial charge < -0.3 is 10.1 Å². The second-order valence-electron chi connectivity index (χ2n) is 4.28. The van der Waals surface area contributed by atoms with E-state index in [1.54, 1.807) is 11.6 Å². The average Bonchev–Trinajstić information content (AvgIpc) is 2.82. The number of nitrogens with one attached hydrogen (secondary N) is 1. The zero-order chi connectivity index (χ0) is 13.9. The van der Waals surface area contributed by atoms with E-state index in [4.69, 9.17) is 4.74 Å². The highest BCUT2D eigenvalue weighted by atomic mass is 32.2. The van der Waals surface area contributed by atoms with Gasteiger partial charge in [0.2, 0.25) is 5.88 Å². The SMILES string of the molecule is CCS(=O)(=O)CCNC(=O)c1cnn2c1OCCC2. The van der Waals surface area contributed by atoms with Crippen molar-refractivity contribution in [3.63, 3.8) is 0 Å². The summed E-state index contributed by atoms with van der Waals surface area (Å²) in [6, 6.07) is 0. The van der Waals surface area contributed by atoms with E-state index in [1.807, 2.05) is 0 Å². The average molecular weight is 287 g/mol. The molecule has 1 aliphatic rings. The van der Waals surface area contributed by atoms with Crippen molar-refractivity contribution in [1.82, 2.24) is 15.1 Å². The Morgan fingerprint density at radius 1 is 1.58 bits per heavy atom. The Morgan fingerprint density at radius 2 is 2.37 bits per heavy atom. The molecule has 1 aromatic rings. The van der Waals surface area contributed by atoms with Gasteiger partial charge in [0.15, 0.2) is 9.84 Å². The molecule has 2 rings (SSSR count). The highest BCUT2D eigenvalue weighted by Gasteiger charge is 2.21. The molecule has 19 heavy (non-hydrogen) atoms. The zero-order valence-corrected chi connectivity index (χ0v) is 11.6. The van der Waals surface area contributed by atoms with Gasteiger partial charge in [-0.25, -0.2) is 13.1 Å². The largest absolute Gasteiger partial charge is 0.477 e. The smallest absolute Gasteiger partial charge is 0.258 e. The number of hydrogen-bond acceptors (Lipinski definition) is 5. The Bertz CT molecular complexity index is 564. The molecule has 0 spiro atoms. The third kappa shape index (κ3) is 3.25. The summed E-state index contributed by atoms with van der Waals surface area (Å²) in [4.78, 5) is 11.9. The molecule has 2 heterocycles. The lowest BCUT2D eigenvalue weighted by molar-refractivity contribution is 0.0949. The van der Waals surface area contributed by atoms with Crippen molar-refractivity contribution < 1.29 is 17.9 Å². The lowest BCUT2D eigenvalue weighted by atomic mass is 10.3. The van der Waals surface area contributed by atoms with Crippen molar-refractivity contribution in [2.45, 2.75) is 19.9 Å². The second-order valence-corrected chi connectivity index (χ2v) is 6.75. The summed E-state index contributed by atoms with van der Waals surface area (Å²) in [5.41, 5.74) is 0.355. The molecule has 0 bridgehead atoms. The topological polar surface area (TPSA) is 90.3 Å². The maximum atomic E-state index is 11.9. The van der Waals surface area contributed by atoms with E-state index >= 15 is 0 Å². The summed E-state index contributed by atoms with van der Waals surface area (Å²) < 4.78 is 29.7. The minimum atomic E-state index is -3.07. The van der Waals surface area contributed by atoms with Crippen molar-refractivity contribution >= 4 is 15.7 Å². The summed E-state index contributed by atoms with van der Waals surface area (Å²) in [6.07, 6.45) is 2.31. The van der Waals surface area contributed by atoms with Crippen LogP contribution in [0.2, 0.25) is 0 Å². The first-order valence-corrected chi connectivity index (χ1v) is 8.03. The van der Waals surface area contributed by atoms with Crippen LogP contribution >= 0.6 is 0 Å². The van der Waals surface area contributed by atoms with Crippen LogP contribution < -0.4 is 10.1 Å². The van der Waals surface area contributed by atoms with E-state index < -0.39 is 9.84 Å². The van der Waals surface area contributed by atoms with Gasteiger partial charge in [0.1, 0.15) is 5.56 Å². The van der Waals surface area contributed by atoms with E-state index in [1.165, 1.54) is 6.20 Å². The highest BCUT2D eigenvalue weighted by molar-refractivity contribution is 7.91. The Hall–Kier alpha value is -1.57.